The number of carboxylic acids is 1. The van der Waals surface area contributed by atoms with Crippen LogP contribution in [0.1, 0.15) is 28.4 Å². The first-order chi connectivity index (χ1) is 7.00. The average Bonchev–Trinajstić information content (AvgIpc) is 2.14. The molecule has 2 nitrogen and oxygen atoms in total. The molecule has 0 radical (unpaired) electrons. The van der Waals surface area contributed by atoms with Gasteiger partial charge < -0.3 is 5.11 Å². The van der Waals surface area contributed by atoms with Crippen molar-refractivity contribution in [3.05, 3.63) is 53.1 Å². The first kappa shape index (κ1) is 11.2. The zero-order chi connectivity index (χ0) is 11.4. The smallest absolute Gasteiger partial charge is 0.335 e. The van der Waals surface area contributed by atoms with E-state index in [-0.39, 0.29) is 0 Å². The summed E-state index contributed by atoms with van der Waals surface area (Å²) in [6.07, 6.45) is 3.82. The van der Waals surface area contributed by atoms with Gasteiger partial charge in [0.15, 0.2) is 0 Å². The van der Waals surface area contributed by atoms with Gasteiger partial charge in [-0.1, -0.05) is 36.4 Å². The van der Waals surface area contributed by atoms with Gasteiger partial charge in [-0.2, -0.15) is 0 Å². The molecule has 0 saturated carbocycles. The molecule has 0 atom stereocenters. The van der Waals surface area contributed by atoms with Crippen molar-refractivity contribution in [2.45, 2.75) is 13.8 Å². The Kier molecular flexibility index (Phi) is 3.45. The summed E-state index contributed by atoms with van der Waals surface area (Å²) >= 11 is 0. The Morgan fingerprint density at radius 3 is 2.60 bits per heavy atom. The average molecular weight is 202 g/mol. The summed E-state index contributed by atoms with van der Waals surface area (Å²) in [5.41, 5.74) is 3.07. The molecule has 1 N–H and O–H groups in total. The molecule has 0 aliphatic heterocycles. The zero-order valence-electron chi connectivity index (χ0n) is 8.95. The molecule has 2 heteroatoms. The minimum absolute atomic E-state index is 0.350. The van der Waals surface area contributed by atoms with Crippen molar-refractivity contribution in [2.24, 2.45) is 0 Å². The van der Waals surface area contributed by atoms with Gasteiger partial charge in [0, 0.05) is 0 Å². The molecular formula is C13H14O2. The normalized spacial score (nSPS) is 10.5. The molecule has 0 aliphatic carbocycles. The molecule has 0 unspecified atom stereocenters. The molecule has 1 aromatic rings. The fraction of sp³-hybridized carbons (Fsp3) is 0.154. The fourth-order valence-corrected chi connectivity index (χ4v) is 1.27. The zero-order valence-corrected chi connectivity index (χ0v) is 8.95. The summed E-state index contributed by atoms with van der Waals surface area (Å²) < 4.78 is 0. The van der Waals surface area contributed by atoms with Crippen LogP contribution in [-0.2, 0) is 0 Å². The van der Waals surface area contributed by atoms with Gasteiger partial charge in [0.1, 0.15) is 0 Å². The standard InChI is InChI=1S/C13H14O2/c1-9(2)4-5-11-6-7-12(13(14)15)10(3)8-11/h4-8H,1H2,2-3H3,(H,14,15)/b5-4+. The fourth-order valence-electron chi connectivity index (χ4n) is 1.27. The van der Waals surface area contributed by atoms with Crippen molar-refractivity contribution in [3.63, 3.8) is 0 Å². The second kappa shape index (κ2) is 4.60. The highest BCUT2D eigenvalue weighted by molar-refractivity contribution is 5.89. The van der Waals surface area contributed by atoms with Crippen LogP contribution in [0.4, 0.5) is 0 Å². The summed E-state index contributed by atoms with van der Waals surface area (Å²) in [5, 5.41) is 8.84. The molecule has 1 rings (SSSR count). The third kappa shape index (κ3) is 3.09. The lowest BCUT2D eigenvalue weighted by molar-refractivity contribution is 0.0696. The van der Waals surface area contributed by atoms with E-state index in [0.717, 1.165) is 16.7 Å². The Labute approximate surface area is 89.6 Å². The number of rotatable bonds is 3. The van der Waals surface area contributed by atoms with Crippen molar-refractivity contribution >= 4 is 12.0 Å². The van der Waals surface area contributed by atoms with Crippen molar-refractivity contribution in [1.82, 2.24) is 0 Å². The van der Waals surface area contributed by atoms with E-state index in [1.807, 2.05) is 25.1 Å². The number of benzene rings is 1. The van der Waals surface area contributed by atoms with Gasteiger partial charge in [-0.15, -0.1) is 0 Å². The summed E-state index contributed by atoms with van der Waals surface area (Å²) in [6, 6.07) is 5.26. The molecule has 0 amide bonds. The topological polar surface area (TPSA) is 37.3 Å². The van der Waals surface area contributed by atoms with Gasteiger partial charge in [-0.25, -0.2) is 4.79 Å². The van der Waals surface area contributed by atoms with Crippen molar-refractivity contribution < 1.29 is 9.90 Å². The van der Waals surface area contributed by atoms with E-state index in [4.69, 9.17) is 5.11 Å². The maximum Gasteiger partial charge on any atom is 0.335 e. The van der Waals surface area contributed by atoms with E-state index in [0.29, 0.717) is 5.56 Å². The monoisotopic (exact) mass is 202 g/mol. The van der Waals surface area contributed by atoms with Crippen molar-refractivity contribution in [1.29, 1.82) is 0 Å². The lowest BCUT2D eigenvalue weighted by Gasteiger charge is -2.01. The first-order valence-electron chi connectivity index (χ1n) is 4.68. The molecule has 0 aromatic heterocycles. The molecule has 15 heavy (non-hydrogen) atoms. The largest absolute Gasteiger partial charge is 0.478 e. The maximum atomic E-state index is 10.8. The minimum Gasteiger partial charge on any atom is -0.478 e. The molecular weight excluding hydrogens is 188 g/mol. The Hall–Kier alpha value is -1.83. The third-order valence-corrected chi connectivity index (χ3v) is 2.04. The van der Waals surface area contributed by atoms with Gasteiger partial charge in [0.25, 0.3) is 0 Å². The summed E-state index contributed by atoms with van der Waals surface area (Å²) in [7, 11) is 0. The number of allylic oxidation sites excluding steroid dienone is 2. The van der Waals surface area contributed by atoms with Gasteiger partial charge in [0.2, 0.25) is 0 Å². The van der Waals surface area contributed by atoms with Gasteiger partial charge in [0.05, 0.1) is 5.56 Å². The van der Waals surface area contributed by atoms with Crippen LogP contribution in [0.5, 0.6) is 0 Å². The van der Waals surface area contributed by atoms with Crippen LogP contribution in [0.15, 0.2) is 36.4 Å². The lowest BCUT2D eigenvalue weighted by atomic mass is 10.0. The Morgan fingerprint density at radius 1 is 1.47 bits per heavy atom. The second-order valence-electron chi connectivity index (χ2n) is 3.56. The van der Waals surface area contributed by atoms with Crippen LogP contribution in [-0.4, -0.2) is 11.1 Å². The number of aromatic carboxylic acids is 1. The van der Waals surface area contributed by atoms with Crippen LogP contribution >= 0.6 is 0 Å². The highest BCUT2D eigenvalue weighted by Gasteiger charge is 2.05. The quantitative estimate of drug-likeness (QED) is 0.764. The highest BCUT2D eigenvalue weighted by Crippen LogP contribution is 2.13. The van der Waals surface area contributed by atoms with Crippen molar-refractivity contribution in [3.8, 4) is 0 Å². The SMILES string of the molecule is C=C(C)/C=C/c1ccc(C(=O)O)c(C)c1. The van der Waals surface area contributed by atoms with Gasteiger partial charge in [-0.3, -0.25) is 0 Å². The summed E-state index contributed by atoms with van der Waals surface area (Å²) in [5.74, 6) is -0.886. The number of aryl methyl sites for hydroxylation is 1. The molecule has 1 aromatic carbocycles. The molecule has 0 heterocycles. The third-order valence-electron chi connectivity index (χ3n) is 2.04. The number of hydrogen-bond donors (Lipinski definition) is 1. The predicted octanol–water partition coefficient (Wildman–Crippen LogP) is 3.28. The van der Waals surface area contributed by atoms with Gasteiger partial charge in [-0.05, 0) is 31.0 Å². The molecule has 0 bridgehead atoms. The van der Waals surface area contributed by atoms with E-state index in [2.05, 4.69) is 6.58 Å². The Morgan fingerprint density at radius 2 is 2.13 bits per heavy atom. The number of hydrogen-bond acceptors (Lipinski definition) is 1. The van der Waals surface area contributed by atoms with E-state index >= 15 is 0 Å². The molecule has 78 valence electrons. The van der Waals surface area contributed by atoms with Crippen LogP contribution < -0.4 is 0 Å². The van der Waals surface area contributed by atoms with E-state index in [9.17, 15) is 4.79 Å². The molecule has 0 fully saturated rings. The minimum atomic E-state index is -0.886. The second-order valence-corrected chi connectivity index (χ2v) is 3.56. The summed E-state index contributed by atoms with van der Waals surface area (Å²) in [4.78, 5) is 10.8. The van der Waals surface area contributed by atoms with E-state index < -0.39 is 5.97 Å². The maximum absolute atomic E-state index is 10.8. The van der Waals surface area contributed by atoms with Crippen LogP contribution in [0.2, 0.25) is 0 Å². The number of carboxylic acid groups (broad SMARTS) is 1. The Balaban J connectivity index is 3.01. The van der Waals surface area contributed by atoms with Crippen LogP contribution in [0.3, 0.4) is 0 Å². The summed E-state index contributed by atoms with van der Waals surface area (Å²) in [6.45, 7) is 7.46. The predicted molar refractivity (Wildman–Crippen MR) is 62.0 cm³/mol. The lowest BCUT2D eigenvalue weighted by Crippen LogP contribution is -1.99. The number of carbonyl (C=O) groups is 1. The molecule has 0 spiro atoms. The highest BCUT2D eigenvalue weighted by atomic mass is 16.4. The van der Waals surface area contributed by atoms with E-state index in [1.54, 1.807) is 19.1 Å². The molecule has 0 aliphatic rings. The Bertz CT molecular complexity index is 428. The van der Waals surface area contributed by atoms with Crippen molar-refractivity contribution in [2.75, 3.05) is 0 Å². The molecule has 0 saturated heterocycles. The van der Waals surface area contributed by atoms with E-state index in [1.165, 1.54) is 0 Å². The van der Waals surface area contributed by atoms with Crippen LogP contribution in [0.25, 0.3) is 6.08 Å². The van der Waals surface area contributed by atoms with Crippen LogP contribution in [0, 0.1) is 6.92 Å². The first-order valence-corrected chi connectivity index (χ1v) is 4.68. The van der Waals surface area contributed by atoms with Gasteiger partial charge >= 0.3 is 5.97 Å².